The number of rotatable bonds is 3. The zero-order valence-electron chi connectivity index (χ0n) is 11.0. The molecule has 1 amide bonds. The van der Waals surface area contributed by atoms with E-state index in [1.54, 1.807) is 6.33 Å². The Kier molecular flexibility index (Phi) is 3.96. The van der Waals surface area contributed by atoms with Crippen molar-refractivity contribution in [2.75, 3.05) is 0 Å². The molecular formula is C12H21N5O. The lowest BCUT2D eigenvalue weighted by Gasteiger charge is -2.28. The largest absolute Gasteiger partial charge is 0.346 e. The van der Waals surface area contributed by atoms with Crippen LogP contribution >= 0.6 is 0 Å². The second-order valence-electron chi connectivity index (χ2n) is 5.09. The van der Waals surface area contributed by atoms with Gasteiger partial charge in [-0.1, -0.05) is 12.8 Å². The van der Waals surface area contributed by atoms with Crippen molar-refractivity contribution in [3.8, 4) is 0 Å². The van der Waals surface area contributed by atoms with E-state index in [1.165, 1.54) is 0 Å². The summed E-state index contributed by atoms with van der Waals surface area (Å²) < 4.78 is 1.81. The summed E-state index contributed by atoms with van der Waals surface area (Å²) in [5.74, 6) is 0.736. The minimum atomic E-state index is -0.140. The molecule has 2 rings (SSSR count). The Labute approximate surface area is 107 Å². The van der Waals surface area contributed by atoms with Crippen molar-refractivity contribution in [2.24, 2.45) is 18.7 Å². The van der Waals surface area contributed by atoms with Crippen molar-refractivity contribution < 1.29 is 4.79 Å². The average Bonchev–Trinajstić information content (AvgIpc) is 2.76. The maximum absolute atomic E-state index is 12.2. The summed E-state index contributed by atoms with van der Waals surface area (Å²) >= 11 is 0. The number of nitrogens with two attached hydrogens (primary N) is 1. The summed E-state index contributed by atoms with van der Waals surface area (Å²) in [7, 11) is 1.87. The van der Waals surface area contributed by atoms with Crippen molar-refractivity contribution in [1.29, 1.82) is 0 Å². The molecule has 6 heteroatoms. The van der Waals surface area contributed by atoms with Crippen molar-refractivity contribution >= 4 is 5.91 Å². The predicted octanol–water partition coefficient (Wildman–Crippen LogP) is 0.510. The molecule has 3 N–H and O–H groups in total. The van der Waals surface area contributed by atoms with E-state index in [0.717, 1.165) is 31.5 Å². The summed E-state index contributed by atoms with van der Waals surface area (Å²) in [5.41, 5.74) is 6.01. The molecule has 0 bridgehead atoms. The molecule has 1 saturated carbocycles. The van der Waals surface area contributed by atoms with Gasteiger partial charge in [-0.2, -0.15) is 0 Å². The van der Waals surface area contributed by atoms with Gasteiger partial charge in [0.15, 0.2) is 5.82 Å². The highest BCUT2D eigenvalue weighted by Gasteiger charge is 2.29. The first-order valence-corrected chi connectivity index (χ1v) is 6.49. The van der Waals surface area contributed by atoms with Gasteiger partial charge in [0.25, 0.3) is 0 Å². The number of hydrogen-bond donors (Lipinski definition) is 2. The van der Waals surface area contributed by atoms with Crippen LogP contribution in [-0.2, 0) is 11.8 Å². The molecule has 1 aromatic heterocycles. The molecule has 3 unspecified atom stereocenters. The van der Waals surface area contributed by atoms with Gasteiger partial charge in [-0.05, 0) is 19.8 Å². The number of nitrogens with zero attached hydrogens (tertiary/aromatic N) is 3. The number of amides is 1. The number of carbonyl (C=O) groups is 1. The van der Waals surface area contributed by atoms with E-state index in [1.807, 2.05) is 18.5 Å². The van der Waals surface area contributed by atoms with E-state index in [4.69, 9.17) is 5.73 Å². The summed E-state index contributed by atoms with van der Waals surface area (Å²) in [5, 5.41) is 10.8. The average molecular weight is 251 g/mol. The Bertz CT molecular complexity index is 416. The number of aryl methyl sites for hydroxylation is 1. The minimum Gasteiger partial charge on any atom is -0.346 e. The Hall–Kier alpha value is -1.43. The molecule has 1 aromatic rings. The molecular weight excluding hydrogens is 230 g/mol. The van der Waals surface area contributed by atoms with E-state index in [-0.39, 0.29) is 23.9 Å². The van der Waals surface area contributed by atoms with Gasteiger partial charge in [-0.3, -0.25) is 4.79 Å². The zero-order valence-corrected chi connectivity index (χ0v) is 11.0. The molecule has 0 radical (unpaired) electrons. The van der Waals surface area contributed by atoms with E-state index in [2.05, 4.69) is 15.5 Å². The van der Waals surface area contributed by atoms with Crippen LogP contribution in [0.15, 0.2) is 6.33 Å². The highest BCUT2D eigenvalue weighted by Crippen LogP contribution is 2.23. The Morgan fingerprint density at radius 2 is 2.28 bits per heavy atom. The molecule has 1 heterocycles. The molecule has 0 spiro atoms. The third-order valence-corrected chi connectivity index (χ3v) is 3.65. The van der Waals surface area contributed by atoms with Crippen molar-refractivity contribution in [1.82, 2.24) is 20.1 Å². The monoisotopic (exact) mass is 251 g/mol. The van der Waals surface area contributed by atoms with Crippen LogP contribution in [-0.4, -0.2) is 26.7 Å². The van der Waals surface area contributed by atoms with Crippen LogP contribution in [0.25, 0.3) is 0 Å². The summed E-state index contributed by atoms with van der Waals surface area (Å²) in [4.78, 5) is 12.2. The van der Waals surface area contributed by atoms with Crippen LogP contribution in [0.3, 0.4) is 0 Å². The summed E-state index contributed by atoms with van der Waals surface area (Å²) in [6.45, 7) is 1.91. The van der Waals surface area contributed by atoms with Gasteiger partial charge in [0, 0.05) is 13.1 Å². The third-order valence-electron chi connectivity index (χ3n) is 3.65. The van der Waals surface area contributed by atoms with Gasteiger partial charge < -0.3 is 15.6 Å². The Morgan fingerprint density at radius 1 is 1.56 bits per heavy atom. The predicted molar refractivity (Wildman–Crippen MR) is 67.5 cm³/mol. The SMILES string of the molecule is CC(NC(=O)C1CCCCC1N)c1nncn1C. The van der Waals surface area contributed by atoms with E-state index in [0.29, 0.717) is 0 Å². The number of aromatic nitrogens is 3. The number of hydrogen-bond acceptors (Lipinski definition) is 4. The molecule has 0 aromatic carbocycles. The fourth-order valence-electron chi connectivity index (χ4n) is 2.55. The number of nitrogens with one attached hydrogen (secondary N) is 1. The molecule has 6 nitrogen and oxygen atoms in total. The molecule has 0 aliphatic heterocycles. The molecule has 0 saturated heterocycles. The van der Waals surface area contributed by atoms with Gasteiger partial charge in [-0.25, -0.2) is 0 Å². The lowest BCUT2D eigenvalue weighted by molar-refractivity contribution is -0.127. The third kappa shape index (κ3) is 2.69. The number of carbonyl (C=O) groups excluding carboxylic acids is 1. The first-order chi connectivity index (χ1) is 8.59. The quantitative estimate of drug-likeness (QED) is 0.819. The highest BCUT2D eigenvalue weighted by atomic mass is 16.2. The van der Waals surface area contributed by atoms with Gasteiger partial charge in [0.1, 0.15) is 6.33 Å². The molecule has 18 heavy (non-hydrogen) atoms. The summed E-state index contributed by atoms with van der Waals surface area (Å²) in [6, 6.07) is -0.149. The fraction of sp³-hybridized carbons (Fsp3) is 0.750. The topological polar surface area (TPSA) is 85.8 Å². The van der Waals surface area contributed by atoms with E-state index >= 15 is 0 Å². The highest BCUT2D eigenvalue weighted by molar-refractivity contribution is 5.79. The molecule has 100 valence electrons. The van der Waals surface area contributed by atoms with Gasteiger partial charge in [-0.15, -0.1) is 10.2 Å². The van der Waals surface area contributed by atoms with Crippen LogP contribution in [0.2, 0.25) is 0 Å². The molecule has 1 aliphatic carbocycles. The van der Waals surface area contributed by atoms with Gasteiger partial charge in [0.2, 0.25) is 5.91 Å². The van der Waals surface area contributed by atoms with Crippen molar-refractivity contribution in [2.45, 2.75) is 44.7 Å². The fourth-order valence-corrected chi connectivity index (χ4v) is 2.55. The molecule has 1 fully saturated rings. The van der Waals surface area contributed by atoms with Crippen LogP contribution in [0.4, 0.5) is 0 Å². The van der Waals surface area contributed by atoms with Crippen LogP contribution in [0.1, 0.15) is 44.5 Å². The maximum Gasteiger partial charge on any atom is 0.225 e. The van der Waals surface area contributed by atoms with Gasteiger partial charge >= 0.3 is 0 Å². The standard InChI is InChI=1S/C12H21N5O/c1-8(11-16-14-7-17(11)2)15-12(18)9-5-3-4-6-10(9)13/h7-10H,3-6,13H2,1-2H3,(H,15,18). The Morgan fingerprint density at radius 3 is 2.89 bits per heavy atom. The van der Waals surface area contributed by atoms with Crippen LogP contribution < -0.4 is 11.1 Å². The van der Waals surface area contributed by atoms with Crippen LogP contribution in [0, 0.1) is 5.92 Å². The van der Waals surface area contributed by atoms with E-state index in [9.17, 15) is 4.79 Å². The van der Waals surface area contributed by atoms with Crippen molar-refractivity contribution in [3.63, 3.8) is 0 Å². The summed E-state index contributed by atoms with van der Waals surface area (Å²) in [6.07, 6.45) is 5.67. The smallest absolute Gasteiger partial charge is 0.225 e. The second-order valence-corrected chi connectivity index (χ2v) is 5.09. The van der Waals surface area contributed by atoms with Gasteiger partial charge in [0.05, 0.1) is 12.0 Å². The normalized spacial score (nSPS) is 25.7. The first kappa shape index (κ1) is 13.0. The Balaban J connectivity index is 1.96. The lowest BCUT2D eigenvalue weighted by atomic mass is 9.84. The first-order valence-electron chi connectivity index (χ1n) is 6.49. The second kappa shape index (κ2) is 5.48. The lowest BCUT2D eigenvalue weighted by Crippen LogP contribution is -2.44. The maximum atomic E-state index is 12.2. The molecule has 1 aliphatic rings. The zero-order chi connectivity index (χ0) is 13.1. The van der Waals surface area contributed by atoms with Crippen LogP contribution in [0.5, 0.6) is 0 Å². The van der Waals surface area contributed by atoms with E-state index < -0.39 is 0 Å². The molecule has 3 atom stereocenters. The van der Waals surface area contributed by atoms with Crippen molar-refractivity contribution in [3.05, 3.63) is 12.2 Å². The minimum absolute atomic E-state index is 0.00885.